The van der Waals surface area contributed by atoms with Crippen molar-refractivity contribution in [2.45, 2.75) is 93.5 Å². The van der Waals surface area contributed by atoms with Crippen molar-refractivity contribution >= 4 is 39.6 Å². The first-order chi connectivity index (χ1) is 22.1. The van der Waals surface area contributed by atoms with E-state index in [2.05, 4.69) is 41.3 Å². The van der Waals surface area contributed by atoms with Gasteiger partial charge in [-0.2, -0.15) is 0 Å². The summed E-state index contributed by atoms with van der Waals surface area (Å²) in [6.07, 6.45) is 6.43. The summed E-state index contributed by atoms with van der Waals surface area (Å²) < 4.78 is 12.2. The van der Waals surface area contributed by atoms with Gasteiger partial charge in [-0.3, -0.25) is 19.2 Å². The third-order valence-electron chi connectivity index (χ3n) is 9.46. The summed E-state index contributed by atoms with van der Waals surface area (Å²) in [6, 6.07) is 7.58. The highest BCUT2D eigenvalue weighted by molar-refractivity contribution is 9.09. The number of benzene rings is 1. The first-order valence-corrected chi connectivity index (χ1v) is 17.3. The third kappa shape index (κ3) is 7.26. The molecule has 46 heavy (non-hydrogen) atoms. The molecule has 0 saturated carbocycles. The van der Waals surface area contributed by atoms with Gasteiger partial charge < -0.3 is 29.7 Å². The van der Waals surface area contributed by atoms with E-state index < -0.39 is 47.5 Å². The van der Waals surface area contributed by atoms with Crippen LogP contribution in [0.15, 0.2) is 55.6 Å². The molecule has 3 fully saturated rings. The molecule has 10 nitrogen and oxygen atoms in total. The molecule has 0 aromatic heterocycles. The number of esters is 1. The second kappa shape index (κ2) is 16.2. The molecule has 8 atom stereocenters. The Morgan fingerprint density at radius 3 is 2.63 bits per heavy atom. The molecule has 3 aliphatic heterocycles. The number of carbonyl (C=O) groups excluding carboxylic acids is 4. The molecule has 1 aromatic carbocycles. The Morgan fingerprint density at radius 1 is 1.24 bits per heavy atom. The van der Waals surface area contributed by atoms with Crippen LogP contribution in [0.1, 0.15) is 70.4 Å². The lowest BCUT2D eigenvalue weighted by Gasteiger charge is -2.39. The molecule has 1 aromatic rings. The number of nitrogens with zero attached hydrogens (tertiary/aromatic N) is 2. The van der Waals surface area contributed by atoms with Crippen molar-refractivity contribution in [2.75, 3.05) is 26.3 Å². The number of alkyl halides is 1. The van der Waals surface area contributed by atoms with E-state index in [-0.39, 0.29) is 48.9 Å². The average molecular weight is 703 g/mol. The van der Waals surface area contributed by atoms with Crippen LogP contribution < -0.4 is 5.32 Å². The van der Waals surface area contributed by atoms with Crippen LogP contribution in [0.25, 0.3) is 0 Å². The van der Waals surface area contributed by atoms with E-state index in [9.17, 15) is 24.3 Å². The van der Waals surface area contributed by atoms with Gasteiger partial charge in [-0.1, -0.05) is 71.8 Å². The number of aliphatic hydroxyl groups excluding tert-OH is 1. The molecule has 3 saturated heterocycles. The Kier molecular flexibility index (Phi) is 12.6. The summed E-state index contributed by atoms with van der Waals surface area (Å²) in [4.78, 5) is 58.6. The van der Waals surface area contributed by atoms with Gasteiger partial charge in [-0.05, 0) is 44.6 Å². The standard InChI is InChI=1S/C35H48BrN3O7/c1-5-8-17-27(41)45-22-26(24-15-10-9-11-16-24)37-32(42)28-29-33(43)39(19-12-13-20-40)31(35(29)21-25(36)30(28)46-35)34(44)38(18-7-3)23(4)14-6-2/h5,7,9-11,15-16,23,25-26,28-31,40H,1,3,6,8,12-14,17-22H2,2,4H3,(H,37,42)/t23?,25?,26-,28-,29+,30-,31-,35+/m1/s1. The summed E-state index contributed by atoms with van der Waals surface area (Å²) in [5.41, 5.74) is -0.443. The molecule has 0 aliphatic carbocycles. The lowest BCUT2D eigenvalue weighted by Crippen LogP contribution is -2.58. The van der Waals surface area contributed by atoms with Crippen LogP contribution in [-0.4, -0.2) is 93.5 Å². The van der Waals surface area contributed by atoms with Gasteiger partial charge in [0.25, 0.3) is 0 Å². The summed E-state index contributed by atoms with van der Waals surface area (Å²) in [7, 11) is 0. The number of ether oxygens (including phenoxy) is 2. The van der Waals surface area contributed by atoms with Gasteiger partial charge in [0.1, 0.15) is 18.2 Å². The van der Waals surface area contributed by atoms with Crippen molar-refractivity contribution in [1.82, 2.24) is 15.1 Å². The molecule has 3 amide bonds. The van der Waals surface area contributed by atoms with Gasteiger partial charge in [0.2, 0.25) is 17.7 Å². The summed E-state index contributed by atoms with van der Waals surface area (Å²) in [6.45, 7) is 12.1. The number of aliphatic hydroxyl groups is 1. The molecular weight excluding hydrogens is 654 g/mol. The van der Waals surface area contributed by atoms with Gasteiger partial charge in [-0.15, -0.1) is 13.2 Å². The molecule has 3 heterocycles. The second-order valence-corrected chi connectivity index (χ2v) is 13.7. The zero-order chi connectivity index (χ0) is 33.4. The van der Waals surface area contributed by atoms with Crippen LogP contribution in [0, 0.1) is 11.8 Å². The first-order valence-electron chi connectivity index (χ1n) is 16.4. The Morgan fingerprint density at radius 2 is 1.98 bits per heavy atom. The summed E-state index contributed by atoms with van der Waals surface area (Å²) in [5.74, 6) is -3.02. The zero-order valence-electron chi connectivity index (χ0n) is 26.9. The topological polar surface area (TPSA) is 125 Å². The molecular formula is C35H48BrN3O7. The van der Waals surface area contributed by atoms with Crippen molar-refractivity contribution in [1.29, 1.82) is 0 Å². The Hall–Kier alpha value is -3.02. The summed E-state index contributed by atoms with van der Waals surface area (Å²) in [5, 5.41) is 12.5. The number of hydrogen-bond donors (Lipinski definition) is 2. The van der Waals surface area contributed by atoms with Crippen LogP contribution in [0.3, 0.4) is 0 Å². The van der Waals surface area contributed by atoms with E-state index in [1.165, 1.54) is 0 Å². The number of carbonyl (C=O) groups is 4. The van der Waals surface area contributed by atoms with Crippen molar-refractivity contribution in [3.05, 3.63) is 61.2 Å². The van der Waals surface area contributed by atoms with Crippen LogP contribution in [-0.2, 0) is 28.7 Å². The maximum Gasteiger partial charge on any atom is 0.306 e. The fraction of sp³-hybridized carbons (Fsp3) is 0.600. The highest BCUT2D eigenvalue weighted by atomic mass is 79.9. The van der Waals surface area contributed by atoms with Crippen LogP contribution in [0.5, 0.6) is 0 Å². The predicted octanol–water partition coefficient (Wildman–Crippen LogP) is 4.08. The molecule has 2 bridgehead atoms. The summed E-state index contributed by atoms with van der Waals surface area (Å²) >= 11 is 3.74. The van der Waals surface area contributed by atoms with E-state index in [0.29, 0.717) is 32.2 Å². The van der Waals surface area contributed by atoms with E-state index >= 15 is 0 Å². The molecule has 2 N–H and O–H groups in total. The van der Waals surface area contributed by atoms with Crippen LogP contribution >= 0.6 is 15.9 Å². The highest BCUT2D eigenvalue weighted by Crippen LogP contribution is 2.60. The minimum atomic E-state index is -1.20. The quantitative estimate of drug-likeness (QED) is 0.102. The minimum Gasteiger partial charge on any atom is -0.463 e. The van der Waals surface area contributed by atoms with Crippen molar-refractivity contribution in [3.8, 4) is 0 Å². The number of halogens is 1. The predicted molar refractivity (Wildman–Crippen MR) is 178 cm³/mol. The SMILES string of the molecule is C=CCCC(=O)OC[C@@H](NC(=O)[C@H]1[C@@H]2O[C@@]3(CC2Br)[C@@H]1C(=O)N(CCCCO)[C@@H]3C(=O)N(CC=C)C(C)CCC)c1ccccc1. The maximum atomic E-state index is 14.5. The number of unbranched alkanes of at least 4 members (excludes halogenated alkanes) is 1. The molecule has 4 rings (SSSR count). The number of allylic oxidation sites excluding steroid dienone is 1. The normalized spacial score (nSPS) is 27.5. The lowest BCUT2D eigenvalue weighted by molar-refractivity contribution is -0.149. The van der Waals surface area contributed by atoms with E-state index in [4.69, 9.17) is 9.47 Å². The number of likely N-dealkylation sites (tertiary alicyclic amines) is 1. The molecule has 11 heteroatoms. The number of fused-ring (bicyclic) bond motifs is 1. The van der Waals surface area contributed by atoms with Gasteiger partial charge in [0.15, 0.2) is 0 Å². The van der Waals surface area contributed by atoms with Gasteiger partial charge >= 0.3 is 5.97 Å². The Balaban J connectivity index is 1.66. The van der Waals surface area contributed by atoms with E-state index in [1.54, 1.807) is 22.0 Å². The van der Waals surface area contributed by atoms with Crippen LogP contribution in [0.2, 0.25) is 0 Å². The van der Waals surface area contributed by atoms with E-state index in [1.807, 2.05) is 37.3 Å². The number of rotatable bonds is 18. The molecule has 2 unspecified atom stereocenters. The van der Waals surface area contributed by atoms with E-state index in [0.717, 1.165) is 18.4 Å². The van der Waals surface area contributed by atoms with Crippen molar-refractivity contribution in [2.24, 2.45) is 11.8 Å². The smallest absolute Gasteiger partial charge is 0.306 e. The molecule has 252 valence electrons. The third-order valence-corrected chi connectivity index (χ3v) is 10.3. The molecule has 0 radical (unpaired) electrons. The number of nitrogens with one attached hydrogen (secondary N) is 1. The monoisotopic (exact) mass is 701 g/mol. The highest BCUT2D eigenvalue weighted by Gasteiger charge is 2.76. The Bertz CT molecular complexity index is 1260. The van der Waals surface area contributed by atoms with Crippen molar-refractivity contribution in [3.63, 3.8) is 0 Å². The maximum absolute atomic E-state index is 14.5. The molecule has 1 spiro atoms. The second-order valence-electron chi connectivity index (χ2n) is 12.5. The first kappa shape index (κ1) is 35.8. The average Bonchev–Trinajstić information content (AvgIpc) is 3.64. The number of hydrogen-bond acceptors (Lipinski definition) is 7. The minimum absolute atomic E-state index is 0.0303. The fourth-order valence-electron chi connectivity index (χ4n) is 7.34. The number of amides is 3. The lowest BCUT2D eigenvalue weighted by atomic mass is 9.70. The zero-order valence-corrected chi connectivity index (χ0v) is 28.5. The largest absolute Gasteiger partial charge is 0.463 e. The van der Waals surface area contributed by atoms with Crippen molar-refractivity contribution < 1.29 is 33.8 Å². The fourth-order valence-corrected chi connectivity index (χ4v) is 8.29. The van der Waals surface area contributed by atoms with Gasteiger partial charge in [0.05, 0.1) is 24.0 Å². The van der Waals surface area contributed by atoms with Gasteiger partial charge in [0, 0.05) is 37.0 Å². The Labute approximate surface area is 280 Å². The van der Waals surface area contributed by atoms with Crippen LogP contribution in [0.4, 0.5) is 0 Å². The molecule has 3 aliphatic rings. The van der Waals surface area contributed by atoms with Gasteiger partial charge in [-0.25, -0.2) is 0 Å².